The number of benzene rings is 3. The molecule has 2 amide bonds. The third kappa shape index (κ3) is 5.70. The monoisotopic (exact) mass is 492 g/mol. The molecule has 172 valence electrons. The molecule has 3 aromatic carbocycles. The summed E-state index contributed by atoms with van der Waals surface area (Å²) in [6.45, 7) is 3.79. The lowest BCUT2D eigenvalue weighted by atomic mass is 10.1. The summed E-state index contributed by atoms with van der Waals surface area (Å²) < 4.78 is 19.3. The summed E-state index contributed by atoms with van der Waals surface area (Å²) in [5.41, 5.74) is 4.09. The number of amides is 2. The van der Waals surface area contributed by atoms with E-state index in [0.717, 1.165) is 22.4 Å². The lowest BCUT2D eigenvalue weighted by Gasteiger charge is -2.14. The lowest BCUT2D eigenvalue weighted by molar-refractivity contribution is -0.118. The van der Waals surface area contributed by atoms with Crippen molar-refractivity contribution in [3.05, 3.63) is 94.1 Å². The Morgan fingerprint density at radius 2 is 1.79 bits per heavy atom. The standard InChI is InChI=1S/C26H21FN2O3S2/c1-16-10-17(2)12-20(11-16)28-24(30)15-32-22-5-3-4-18(13-22)14-23-25(31)29(26(33)34-23)21-8-6-19(27)7-9-21/h3-14H,15H2,1-2H3,(H,28,30)/b23-14-. The zero-order valence-electron chi connectivity index (χ0n) is 18.5. The number of ether oxygens (including phenoxy) is 1. The normalized spacial score (nSPS) is 14.6. The van der Waals surface area contributed by atoms with E-state index in [4.69, 9.17) is 17.0 Å². The molecule has 0 atom stereocenters. The highest BCUT2D eigenvalue weighted by Gasteiger charge is 2.33. The molecule has 5 nitrogen and oxygen atoms in total. The average molecular weight is 493 g/mol. The molecule has 4 rings (SSSR count). The Morgan fingerprint density at radius 1 is 1.09 bits per heavy atom. The van der Waals surface area contributed by atoms with Crippen molar-refractivity contribution in [3.63, 3.8) is 0 Å². The van der Waals surface area contributed by atoms with Crippen molar-refractivity contribution in [2.45, 2.75) is 13.8 Å². The number of carbonyl (C=O) groups is 2. The summed E-state index contributed by atoms with van der Waals surface area (Å²) in [5, 5.41) is 2.83. The maximum Gasteiger partial charge on any atom is 0.270 e. The molecule has 0 aliphatic carbocycles. The fourth-order valence-corrected chi connectivity index (χ4v) is 4.82. The Labute approximate surface area is 206 Å². The highest BCUT2D eigenvalue weighted by atomic mass is 32.2. The van der Waals surface area contributed by atoms with Crippen molar-refractivity contribution >= 4 is 57.6 Å². The van der Waals surface area contributed by atoms with Crippen LogP contribution in [-0.4, -0.2) is 22.7 Å². The van der Waals surface area contributed by atoms with Crippen LogP contribution in [0.5, 0.6) is 5.75 Å². The van der Waals surface area contributed by atoms with Crippen LogP contribution in [0.1, 0.15) is 16.7 Å². The molecular weight excluding hydrogens is 471 g/mol. The van der Waals surface area contributed by atoms with Gasteiger partial charge in [-0.2, -0.15) is 0 Å². The Kier molecular flexibility index (Phi) is 7.09. The van der Waals surface area contributed by atoms with Gasteiger partial charge < -0.3 is 10.1 Å². The zero-order chi connectivity index (χ0) is 24.2. The Hall–Kier alpha value is -3.49. The molecule has 0 radical (unpaired) electrons. The second-order valence-corrected chi connectivity index (χ2v) is 9.46. The molecule has 0 saturated carbocycles. The van der Waals surface area contributed by atoms with Crippen LogP contribution in [0.2, 0.25) is 0 Å². The number of hydrogen-bond donors (Lipinski definition) is 1. The Morgan fingerprint density at radius 3 is 2.50 bits per heavy atom. The second-order valence-electron chi connectivity index (χ2n) is 7.78. The molecule has 0 unspecified atom stereocenters. The van der Waals surface area contributed by atoms with Crippen LogP contribution < -0.4 is 15.0 Å². The highest BCUT2D eigenvalue weighted by Crippen LogP contribution is 2.36. The number of aryl methyl sites for hydroxylation is 2. The number of hydrogen-bond acceptors (Lipinski definition) is 5. The Bertz CT molecular complexity index is 1290. The third-order valence-electron chi connectivity index (χ3n) is 4.91. The molecular formula is C26H21FN2O3S2. The summed E-state index contributed by atoms with van der Waals surface area (Å²) in [6, 6.07) is 18.5. The van der Waals surface area contributed by atoms with Gasteiger partial charge in [-0.25, -0.2) is 4.39 Å². The van der Waals surface area contributed by atoms with Gasteiger partial charge in [-0.15, -0.1) is 0 Å². The number of anilines is 2. The zero-order valence-corrected chi connectivity index (χ0v) is 20.1. The first-order valence-electron chi connectivity index (χ1n) is 10.4. The van der Waals surface area contributed by atoms with Gasteiger partial charge in [0, 0.05) is 5.69 Å². The molecule has 1 saturated heterocycles. The van der Waals surface area contributed by atoms with E-state index in [2.05, 4.69) is 5.32 Å². The number of nitrogens with zero attached hydrogens (tertiary/aromatic N) is 1. The van der Waals surface area contributed by atoms with Gasteiger partial charge in [0.2, 0.25) is 0 Å². The molecule has 8 heteroatoms. The van der Waals surface area contributed by atoms with Crippen molar-refractivity contribution < 1.29 is 18.7 Å². The van der Waals surface area contributed by atoms with Gasteiger partial charge >= 0.3 is 0 Å². The van der Waals surface area contributed by atoms with Gasteiger partial charge in [0.05, 0.1) is 10.6 Å². The van der Waals surface area contributed by atoms with Gasteiger partial charge in [0.15, 0.2) is 10.9 Å². The minimum Gasteiger partial charge on any atom is -0.484 e. The van der Waals surface area contributed by atoms with Crippen LogP contribution in [-0.2, 0) is 9.59 Å². The van der Waals surface area contributed by atoms with Gasteiger partial charge in [-0.3, -0.25) is 14.5 Å². The minimum absolute atomic E-state index is 0.150. The SMILES string of the molecule is Cc1cc(C)cc(NC(=O)COc2cccc(/C=C3\SC(=S)N(c4ccc(F)cc4)C3=O)c2)c1. The maximum absolute atomic E-state index is 13.2. The van der Waals surface area contributed by atoms with E-state index >= 15 is 0 Å². The summed E-state index contributed by atoms with van der Waals surface area (Å²) >= 11 is 6.53. The predicted molar refractivity (Wildman–Crippen MR) is 139 cm³/mol. The van der Waals surface area contributed by atoms with E-state index in [9.17, 15) is 14.0 Å². The fourth-order valence-electron chi connectivity index (χ4n) is 3.52. The summed E-state index contributed by atoms with van der Waals surface area (Å²) in [6.07, 6.45) is 1.71. The number of thioether (sulfide) groups is 1. The molecule has 1 aliphatic heterocycles. The van der Waals surface area contributed by atoms with E-state index in [1.54, 1.807) is 24.3 Å². The van der Waals surface area contributed by atoms with E-state index < -0.39 is 0 Å². The summed E-state index contributed by atoms with van der Waals surface area (Å²) in [5.74, 6) is -0.432. The molecule has 34 heavy (non-hydrogen) atoms. The molecule has 1 heterocycles. The molecule has 0 spiro atoms. The molecule has 0 aromatic heterocycles. The van der Waals surface area contributed by atoms with Crippen LogP contribution in [0.15, 0.2) is 71.6 Å². The van der Waals surface area contributed by atoms with Crippen molar-refractivity contribution in [3.8, 4) is 5.75 Å². The topological polar surface area (TPSA) is 58.6 Å². The van der Waals surface area contributed by atoms with E-state index in [1.807, 2.05) is 38.1 Å². The highest BCUT2D eigenvalue weighted by molar-refractivity contribution is 8.27. The van der Waals surface area contributed by atoms with Crippen LogP contribution in [0, 0.1) is 19.7 Å². The minimum atomic E-state index is -0.385. The smallest absolute Gasteiger partial charge is 0.270 e. The first-order valence-corrected chi connectivity index (χ1v) is 11.7. The van der Waals surface area contributed by atoms with Crippen LogP contribution in [0.25, 0.3) is 6.08 Å². The molecule has 1 fully saturated rings. The molecule has 3 aromatic rings. The molecule has 1 N–H and O–H groups in total. The maximum atomic E-state index is 13.2. The van der Waals surface area contributed by atoms with E-state index in [1.165, 1.54) is 40.9 Å². The third-order valence-corrected chi connectivity index (χ3v) is 6.21. The summed E-state index contributed by atoms with van der Waals surface area (Å²) in [4.78, 5) is 27.0. The number of nitrogens with one attached hydrogen (secondary N) is 1. The van der Waals surface area contributed by atoms with E-state index in [0.29, 0.717) is 20.7 Å². The number of carbonyl (C=O) groups excluding carboxylic acids is 2. The first kappa shape index (κ1) is 23.7. The largest absolute Gasteiger partial charge is 0.484 e. The quantitative estimate of drug-likeness (QED) is 0.345. The van der Waals surface area contributed by atoms with Crippen molar-refractivity contribution in [2.24, 2.45) is 0 Å². The predicted octanol–water partition coefficient (Wildman–Crippen LogP) is 5.87. The van der Waals surface area contributed by atoms with Gasteiger partial charge in [0.25, 0.3) is 11.8 Å². The van der Waals surface area contributed by atoms with Gasteiger partial charge in [-0.1, -0.05) is 42.2 Å². The molecule has 0 bridgehead atoms. The number of halogens is 1. The number of rotatable bonds is 6. The molecule has 1 aliphatic rings. The number of thiocarbonyl (C=S) groups is 1. The van der Waals surface area contributed by atoms with Crippen molar-refractivity contribution in [1.82, 2.24) is 0 Å². The van der Waals surface area contributed by atoms with Crippen LogP contribution in [0.4, 0.5) is 15.8 Å². The second kappa shape index (κ2) is 10.2. The average Bonchev–Trinajstić information content (AvgIpc) is 3.05. The van der Waals surface area contributed by atoms with Crippen LogP contribution >= 0.6 is 24.0 Å². The van der Waals surface area contributed by atoms with Crippen molar-refractivity contribution in [2.75, 3.05) is 16.8 Å². The Balaban J connectivity index is 1.42. The van der Waals surface area contributed by atoms with Gasteiger partial charge in [0.1, 0.15) is 11.6 Å². The van der Waals surface area contributed by atoms with Gasteiger partial charge in [-0.05, 0) is 85.1 Å². The summed E-state index contributed by atoms with van der Waals surface area (Å²) in [7, 11) is 0. The first-order chi connectivity index (χ1) is 16.3. The van der Waals surface area contributed by atoms with Crippen molar-refractivity contribution in [1.29, 1.82) is 0 Å². The van der Waals surface area contributed by atoms with Crippen LogP contribution in [0.3, 0.4) is 0 Å². The van der Waals surface area contributed by atoms with E-state index in [-0.39, 0.29) is 24.2 Å². The lowest BCUT2D eigenvalue weighted by Crippen LogP contribution is -2.27. The fraction of sp³-hybridized carbons (Fsp3) is 0.115.